The lowest BCUT2D eigenvalue weighted by Gasteiger charge is -2.14. The molecule has 1 atom stereocenters. The smallest absolute Gasteiger partial charge is 0.344 e. The van der Waals surface area contributed by atoms with Gasteiger partial charge >= 0.3 is 5.97 Å². The number of nitrogens with zero attached hydrogens (tertiary/aromatic N) is 1. The molecule has 0 spiro atoms. The van der Waals surface area contributed by atoms with E-state index >= 15 is 0 Å². The number of amides is 1. The molecule has 0 saturated heterocycles. The van der Waals surface area contributed by atoms with Crippen LogP contribution in [0, 0.1) is 12.7 Å². The molecule has 128 valence electrons. The first-order chi connectivity index (χ1) is 11.3. The lowest BCUT2D eigenvalue weighted by molar-refractivity contribution is -0.123. The fourth-order valence-electron chi connectivity index (χ4n) is 2.02. The van der Waals surface area contributed by atoms with E-state index in [-0.39, 0.29) is 16.3 Å². The molecule has 1 N–H and O–H groups in total. The first-order valence-corrected chi connectivity index (χ1v) is 7.63. The van der Waals surface area contributed by atoms with E-state index in [0.717, 1.165) is 12.1 Å². The Kier molecular flexibility index (Phi) is 5.56. The maximum Gasteiger partial charge on any atom is 0.344 e. The number of benzene rings is 1. The van der Waals surface area contributed by atoms with Crippen molar-refractivity contribution in [3.63, 3.8) is 0 Å². The number of hydrogen-bond donors (Lipinski definition) is 1. The molecule has 1 aromatic carbocycles. The molecular formula is C16H16ClFN2O4. The van der Waals surface area contributed by atoms with E-state index in [1.807, 2.05) is 6.92 Å². The maximum absolute atomic E-state index is 13.0. The fraction of sp³-hybridized carbons (Fsp3) is 0.312. The number of aromatic nitrogens is 1. The van der Waals surface area contributed by atoms with Crippen LogP contribution in [0.25, 0.3) is 0 Å². The zero-order chi connectivity index (χ0) is 17.9. The van der Waals surface area contributed by atoms with Crippen LogP contribution < -0.4 is 5.32 Å². The van der Waals surface area contributed by atoms with Crippen molar-refractivity contribution in [2.75, 3.05) is 5.32 Å². The summed E-state index contributed by atoms with van der Waals surface area (Å²) in [6.07, 6.45) is -0.592. The number of ether oxygens (including phenoxy) is 1. The first kappa shape index (κ1) is 17.9. The number of rotatable bonds is 5. The van der Waals surface area contributed by atoms with Crippen LogP contribution in [0.15, 0.2) is 22.7 Å². The average Bonchev–Trinajstić information content (AvgIpc) is 2.90. The molecule has 0 fully saturated rings. The predicted octanol–water partition coefficient (Wildman–Crippen LogP) is 3.52. The van der Waals surface area contributed by atoms with Crippen molar-refractivity contribution in [2.45, 2.75) is 33.3 Å². The Hall–Kier alpha value is -2.41. The number of anilines is 1. The van der Waals surface area contributed by atoms with Crippen LogP contribution in [0.3, 0.4) is 0 Å². The van der Waals surface area contributed by atoms with E-state index in [1.165, 1.54) is 13.0 Å². The molecule has 24 heavy (non-hydrogen) atoms. The molecule has 0 aliphatic carbocycles. The summed E-state index contributed by atoms with van der Waals surface area (Å²) in [5, 5.41) is 6.29. The molecule has 6 nitrogen and oxygen atoms in total. The molecular weight excluding hydrogens is 339 g/mol. The van der Waals surface area contributed by atoms with Gasteiger partial charge in [0.2, 0.25) is 0 Å². The summed E-state index contributed by atoms with van der Waals surface area (Å²) in [4.78, 5) is 24.3. The predicted molar refractivity (Wildman–Crippen MR) is 85.5 cm³/mol. The number of carbonyl (C=O) groups is 2. The summed E-state index contributed by atoms with van der Waals surface area (Å²) in [6.45, 7) is 4.83. The van der Waals surface area contributed by atoms with Gasteiger partial charge in [0.1, 0.15) is 17.1 Å². The van der Waals surface area contributed by atoms with Gasteiger partial charge in [-0.2, -0.15) is 0 Å². The maximum atomic E-state index is 13.0. The lowest BCUT2D eigenvalue weighted by Crippen LogP contribution is -2.30. The molecule has 0 radical (unpaired) electrons. The van der Waals surface area contributed by atoms with Gasteiger partial charge in [0.05, 0.1) is 16.4 Å². The Morgan fingerprint density at radius 1 is 1.46 bits per heavy atom. The second-order valence-electron chi connectivity index (χ2n) is 5.07. The summed E-state index contributed by atoms with van der Waals surface area (Å²) in [5.74, 6) is -1.49. The summed E-state index contributed by atoms with van der Waals surface area (Å²) < 4.78 is 23.1. The summed E-state index contributed by atoms with van der Waals surface area (Å²) >= 11 is 5.84. The van der Waals surface area contributed by atoms with Gasteiger partial charge in [-0.3, -0.25) is 4.79 Å². The van der Waals surface area contributed by atoms with Gasteiger partial charge in [0, 0.05) is 0 Å². The van der Waals surface area contributed by atoms with Gasteiger partial charge in [-0.1, -0.05) is 23.7 Å². The number of hydrogen-bond acceptors (Lipinski definition) is 5. The van der Waals surface area contributed by atoms with E-state index < -0.39 is 23.8 Å². The average molecular weight is 355 g/mol. The molecule has 1 unspecified atom stereocenters. The number of halogens is 2. The van der Waals surface area contributed by atoms with Crippen molar-refractivity contribution < 1.29 is 23.2 Å². The highest BCUT2D eigenvalue weighted by molar-refractivity contribution is 6.33. The Labute approximate surface area is 142 Å². The highest BCUT2D eigenvalue weighted by Crippen LogP contribution is 2.23. The minimum absolute atomic E-state index is 0.0463. The first-order valence-electron chi connectivity index (χ1n) is 7.25. The van der Waals surface area contributed by atoms with Gasteiger partial charge in [0.15, 0.2) is 6.10 Å². The van der Waals surface area contributed by atoms with Gasteiger partial charge in [0.25, 0.3) is 5.91 Å². The molecule has 0 bridgehead atoms. The molecule has 0 aliphatic rings. The van der Waals surface area contributed by atoms with E-state index in [1.54, 1.807) is 6.92 Å². The van der Waals surface area contributed by atoms with Gasteiger partial charge in [-0.15, -0.1) is 0 Å². The highest BCUT2D eigenvalue weighted by atomic mass is 35.5. The van der Waals surface area contributed by atoms with E-state index in [9.17, 15) is 14.0 Å². The van der Waals surface area contributed by atoms with Crippen molar-refractivity contribution in [2.24, 2.45) is 0 Å². The lowest BCUT2D eigenvalue weighted by atomic mass is 10.1. The Bertz CT molecular complexity index is 775. The topological polar surface area (TPSA) is 81.4 Å². The Balaban J connectivity index is 2.06. The third kappa shape index (κ3) is 3.91. The summed E-state index contributed by atoms with van der Waals surface area (Å²) in [5.41, 5.74) is 0.907. The zero-order valence-corrected chi connectivity index (χ0v) is 14.1. The van der Waals surface area contributed by atoms with E-state index in [4.69, 9.17) is 20.9 Å². The number of aryl methyl sites for hydroxylation is 2. The van der Waals surface area contributed by atoms with Crippen molar-refractivity contribution in [1.82, 2.24) is 5.16 Å². The van der Waals surface area contributed by atoms with Gasteiger partial charge < -0.3 is 14.6 Å². The van der Waals surface area contributed by atoms with Gasteiger partial charge in [-0.05, 0) is 38.5 Å². The van der Waals surface area contributed by atoms with Crippen molar-refractivity contribution in [1.29, 1.82) is 0 Å². The van der Waals surface area contributed by atoms with Crippen LogP contribution in [-0.2, 0) is 16.0 Å². The van der Waals surface area contributed by atoms with Crippen LogP contribution in [-0.4, -0.2) is 23.1 Å². The standard InChI is InChI=1S/C16H16ClFN2O4/c1-4-12-14(8(2)24-20-12)16(22)23-9(3)15(21)19-13-6-5-10(18)7-11(13)17/h5-7,9H,4H2,1-3H3,(H,19,21). The molecule has 1 aromatic heterocycles. The number of esters is 1. The molecule has 1 amide bonds. The number of nitrogens with one attached hydrogen (secondary N) is 1. The van der Waals surface area contributed by atoms with Crippen LogP contribution in [0.2, 0.25) is 5.02 Å². The fourth-order valence-corrected chi connectivity index (χ4v) is 2.23. The van der Waals surface area contributed by atoms with Gasteiger partial charge in [-0.25, -0.2) is 9.18 Å². The second kappa shape index (κ2) is 7.44. The minimum atomic E-state index is -1.09. The number of carbonyl (C=O) groups excluding carboxylic acids is 2. The monoisotopic (exact) mass is 354 g/mol. The third-order valence-corrected chi connectivity index (χ3v) is 3.63. The largest absolute Gasteiger partial charge is 0.449 e. The van der Waals surface area contributed by atoms with Crippen LogP contribution in [0.5, 0.6) is 0 Å². The Morgan fingerprint density at radius 2 is 2.17 bits per heavy atom. The molecule has 1 heterocycles. The molecule has 0 saturated carbocycles. The van der Waals surface area contributed by atoms with Crippen LogP contribution in [0.1, 0.15) is 35.7 Å². The summed E-state index contributed by atoms with van der Waals surface area (Å²) in [7, 11) is 0. The van der Waals surface area contributed by atoms with E-state index in [2.05, 4.69) is 10.5 Å². The van der Waals surface area contributed by atoms with Crippen molar-refractivity contribution in [3.05, 3.63) is 46.1 Å². The molecule has 0 aliphatic heterocycles. The minimum Gasteiger partial charge on any atom is -0.449 e. The normalized spacial score (nSPS) is 11.9. The Morgan fingerprint density at radius 3 is 2.79 bits per heavy atom. The van der Waals surface area contributed by atoms with Crippen LogP contribution in [0.4, 0.5) is 10.1 Å². The zero-order valence-electron chi connectivity index (χ0n) is 13.4. The highest BCUT2D eigenvalue weighted by Gasteiger charge is 2.25. The van der Waals surface area contributed by atoms with Crippen LogP contribution >= 0.6 is 11.6 Å². The van der Waals surface area contributed by atoms with Crippen molar-refractivity contribution in [3.8, 4) is 0 Å². The quantitative estimate of drug-likeness (QED) is 0.831. The molecule has 8 heteroatoms. The van der Waals surface area contributed by atoms with E-state index in [0.29, 0.717) is 17.9 Å². The SMILES string of the molecule is CCc1noc(C)c1C(=O)OC(C)C(=O)Nc1ccc(F)cc1Cl. The van der Waals surface area contributed by atoms with Crippen molar-refractivity contribution >= 4 is 29.2 Å². The molecule has 2 rings (SSSR count). The second-order valence-corrected chi connectivity index (χ2v) is 5.48. The molecule has 2 aromatic rings. The third-order valence-electron chi connectivity index (χ3n) is 3.31. The summed E-state index contributed by atoms with van der Waals surface area (Å²) in [6, 6.07) is 3.55.